The number of hydrogen-bond donors (Lipinski definition) is 0. The Hall–Kier alpha value is -3.08. The summed E-state index contributed by atoms with van der Waals surface area (Å²) in [7, 11) is 0. The number of nitrogens with zero attached hydrogens (tertiary/aromatic N) is 2. The fourth-order valence-electron chi connectivity index (χ4n) is 3.92. The Labute approximate surface area is 209 Å². The van der Waals surface area contributed by atoms with Crippen molar-refractivity contribution >= 4 is 5.97 Å². The van der Waals surface area contributed by atoms with E-state index in [0.29, 0.717) is 18.0 Å². The van der Waals surface area contributed by atoms with Crippen LogP contribution in [-0.2, 0) is 11.2 Å². The minimum absolute atomic E-state index is 0.179. The second-order valence-corrected chi connectivity index (χ2v) is 9.37. The number of carbonyl (C=O) groups is 1. The highest BCUT2D eigenvalue weighted by molar-refractivity contribution is 5.81. The lowest BCUT2D eigenvalue weighted by Gasteiger charge is -2.18. The minimum atomic E-state index is -1.98. The van der Waals surface area contributed by atoms with E-state index in [2.05, 4.69) is 48.1 Å². The number of ether oxygens (including phenoxy) is 1. The number of carbonyl (C=O) groups excluding carboxylic acids is 1. The van der Waals surface area contributed by atoms with Gasteiger partial charge in [0.25, 0.3) is 0 Å². The average molecular weight is 477 g/mol. The summed E-state index contributed by atoms with van der Waals surface area (Å²) < 4.78 is 20.1. The summed E-state index contributed by atoms with van der Waals surface area (Å²) >= 11 is 0. The lowest BCUT2D eigenvalue weighted by molar-refractivity contribution is -0.147. The van der Waals surface area contributed by atoms with E-state index in [4.69, 9.17) is 4.74 Å². The van der Waals surface area contributed by atoms with Crippen molar-refractivity contribution in [3.63, 3.8) is 0 Å². The second kappa shape index (κ2) is 13.1. The number of aromatic nitrogens is 2. The molecule has 1 heterocycles. The third-order valence-electron chi connectivity index (χ3n) is 6.26. The molecule has 1 atom stereocenters. The third-order valence-corrected chi connectivity index (χ3v) is 6.26. The van der Waals surface area contributed by atoms with Gasteiger partial charge >= 0.3 is 5.97 Å². The van der Waals surface area contributed by atoms with Crippen LogP contribution in [0.1, 0.15) is 77.7 Å². The molecule has 1 unspecified atom stereocenters. The van der Waals surface area contributed by atoms with Crippen LogP contribution in [0.4, 0.5) is 4.39 Å². The molecule has 0 spiro atoms. The Kier molecular flexibility index (Phi) is 9.95. The summed E-state index contributed by atoms with van der Waals surface area (Å²) in [5.74, 6) is 0.168. The SMILES string of the molecule is CCCCCCCC(C)(F)C(=O)Oc1ccc(-c2cnc(-c3ccc(CCCC)cc3)nc2)cc1. The van der Waals surface area contributed by atoms with E-state index in [9.17, 15) is 9.18 Å². The summed E-state index contributed by atoms with van der Waals surface area (Å²) in [6.45, 7) is 5.64. The zero-order valence-electron chi connectivity index (χ0n) is 21.2. The Morgan fingerprint density at radius 1 is 0.800 bits per heavy atom. The van der Waals surface area contributed by atoms with E-state index < -0.39 is 11.6 Å². The maximum Gasteiger partial charge on any atom is 0.348 e. The second-order valence-electron chi connectivity index (χ2n) is 9.37. The van der Waals surface area contributed by atoms with Crippen LogP contribution in [0.25, 0.3) is 22.5 Å². The fourth-order valence-corrected chi connectivity index (χ4v) is 3.92. The fraction of sp³-hybridized carbons (Fsp3) is 0.433. The van der Waals surface area contributed by atoms with Crippen LogP contribution in [-0.4, -0.2) is 21.6 Å². The average Bonchev–Trinajstić information content (AvgIpc) is 2.88. The number of unbranched alkanes of at least 4 members (excludes halogenated alkanes) is 5. The summed E-state index contributed by atoms with van der Waals surface area (Å²) in [5.41, 5.74) is 2.08. The molecule has 5 heteroatoms. The predicted octanol–water partition coefficient (Wildman–Crippen LogP) is 8.15. The first kappa shape index (κ1) is 26.5. The van der Waals surface area contributed by atoms with E-state index in [1.165, 1.54) is 25.3 Å². The van der Waals surface area contributed by atoms with Crippen molar-refractivity contribution in [2.75, 3.05) is 0 Å². The minimum Gasteiger partial charge on any atom is -0.424 e. The molecule has 0 saturated carbocycles. The molecule has 0 aliphatic carbocycles. The first-order valence-corrected chi connectivity index (χ1v) is 12.9. The van der Waals surface area contributed by atoms with Gasteiger partial charge < -0.3 is 4.74 Å². The smallest absolute Gasteiger partial charge is 0.348 e. The monoisotopic (exact) mass is 476 g/mol. The number of esters is 1. The molecule has 0 N–H and O–H groups in total. The summed E-state index contributed by atoms with van der Waals surface area (Å²) in [4.78, 5) is 21.4. The molecule has 0 amide bonds. The zero-order valence-corrected chi connectivity index (χ0v) is 21.2. The molecule has 186 valence electrons. The number of hydrogen-bond acceptors (Lipinski definition) is 4. The molecule has 1 aromatic heterocycles. The maximum absolute atomic E-state index is 14.8. The van der Waals surface area contributed by atoms with E-state index in [1.807, 2.05) is 12.1 Å². The van der Waals surface area contributed by atoms with Crippen LogP contribution in [0.15, 0.2) is 60.9 Å². The van der Waals surface area contributed by atoms with E-state index in [-0.39, 0.29) is 6.42 Å². The van der Waals surface area contributed by atoms with Gasteiger partial charge in [-0.05, 0) is 55.9 Å². The molecule has 0 bridgehead atoms. The van der Waals surface area contributed by atoms with Crippen LogP contribution >= 0.6 is 0 Å². The van der Waals surface area contributed by atoms with Crippen molar-refractivity contribution < 1.29 is 13.9 Å². The zero-order chi connectivity index (χ0) is 25.1. The number of aryl methyl sites for hydroxylation is 1. The van der Waals surface area contributed by atoms with Gasteiger partial charge in [0.05, 0.1) is 0 Å². The molecular weight excluding hydrogens is 439 g/mol. The molecule has 0 aliphatic rings. The molecule has 0 aliphatic heterocycles. The van der Waals surface area contributed by atoms with Crippen molar-refractivity contribution in [2.45, 2.75) is 84.2 Å². The maximum atomic E-state index is 14.8. The molecule has 3 aromatic rings. The molecule has 0 radical (unpaired) electrons. The first-order valence-electron chi connectivity index (χ1n) is 12.9. The number of benzene rings is 2. The van der Waals surface area contributed by atoms with Crippen LogP contribution in [0.3, 0.4) is 0 Å². The Bertz CT molecular complexity index is 1050. The van der Waals surface area contributed by atoms with Gasteiger partial charge in [-0.3, -0.25) is 0 Å². The topological polar surface area (TPSA) is 52.1 Å². The summed E-state index contributed by atoms with van der Waals surface area (Å²) in [5, 5.41) is 0. The number of rotatable bonds is 13. The highest BCUT2D eigenvalue weighted by Crippen LogP contribution is 2.26. The van der Waals surface area contributed by atoms with Crippen molar-refractivity contribution in [3.8, 4) is 28.3 Å². The van der Waals surface area contributed by atoms with E-state index in [1.54, 1.807) is 24.5 Å². The summed E-state index contributed by atoms with van der Waals surface area (Å²) in [6, 6.07) is 15.4. The van der Waals surface area contributed by atoms with Crippen molar-refractivity contribution in [3.05, 3.63) is 66.5 Å². The first-order chi connectivity index (χ1) is 16.9. The van der Waals surface area contributed by atoms with Gasteiger partial charge in [0, 0.05) is 23.5 Å². The van der Waals surface area contributed by atoms with Gasteiger partial charge in [-0.2, -0.15) is 0 Å². The molecule has 3 rings (SSSR count). The largest absolute Gasteiger partial charge is 0.424 e. The Morgan fingerprint density at radius 2 is 1.40 bits per heavy atom. The molecular formula is C30H37FN2O2. The van der Waals surface area contributed by atoms with Gasteiger partial charge in [0.1, 0.15) is 5.75 Å². The van der Waals surface area contributed by atoms with Crippen LogP contribution < -0.4 is 4.74 Å². The normalized spacial score (nSPS) is 12.8. The highest BCUT2D eigenvalue weighted by Gasteiger charge is 2.34. The highest BCUT2D eigenvalue weighted by atomic mass is 19.1. The third kappa shape index (κ3) is 7.98. The van der Waals surface area contributed by atoms with Crippen LogP contribution in [0, 0.1) is 0 Å². The summed E-state index contributed by atoms with van der Waals surface area (Å²) in [6.07, 6.45) is 12.2. The Balaban J connectivity index is 1.57. The van der Waals surface area contributed by atoms with Gasteiger partial charge in [-0.25, -0.2) is 19.2 Å². The van der Waals surface area contributed by atoms with Crippen molar-refractivity contribution in [1.82, 2.24) is 9.97 Å². The lowest BCUT2D eigenvalue weighted by Crippen LogP contribution is -2.34. The van der Waals surface area contributed by atoms with E-state index >= 15 is 0 Å². The van der Waals surface area contributed by atoms with E-state index in [0.717, 1.165) is 48.8 Å². The molecule has 0 saturated heterocycles. The van der Waals surface area contributed by atoms with Crippen LogP contribution in [0.5, 0.6) is 5.75 Å². The van der Waals surface area contributed by atoms with Gasteiger partial charge in [0.2, 0.25) is 5.67 Å². The lowest BCUT2D eigenvalue weighted by atomic mass is 9.99. The van der Waals surface area contributed by atoms with Gasteiger partial charge in [0.15, 0.2) is 5.82 Å². The molecule has 4 nitrogen and oxygen atoms in total. The van der Waals surface area contributed by atoms with Crippen molar-refractivity contribution in [1.29, 1.82) is 0 Å². The number of halogens is 1. The Morgan fingerprint density at radius 3 is 2.03 bits per heavy atom. The van der Waals surface area contributed by atoms with Crippen LogP contribution in [0.2, 0.25) is 0 Å². The molecule has 35 heavy (non-hydrogen) atoms. The van der Waals surface area contributed by atoms with Gasteiger partial charge in [-0.15, -0.1) is 0 Å². The quantitative estimate of drug-likeness (QED) is 0.142. The molecule has 2 aromatic carbocycles. The molecule has 0 fully saturated rings. The standard InChI is InChI=1S/C30H37FN2O2/c1-4-6-8-9-10-20-30(3,31)29(34)35-27-18-16-24(17-19-27)26-21-32-28(33-22-26)25-14-12-23(13-15-25)11-7-5-2/h12-19,21-22H,4-11,20H2,1-3H3. The predicted molar refractivity (Wildman–Crippen MR) is 140 cm³/mol. The number of alkyl halides is 1. The van der Waals surface area contributed by atoms with Gasteiger partial charge in [-0.1, -0.05) is 82.3 Å². The van der Waals surface area contributed by atoms with Crippen molar-refractivity contribution in [2.24, 2.45) is 0 Å².